The summed E-state index contributed by atoms with van der Waals surface area (Å²) < 4.78 is 6.33. The average molecular weight is 152 g/mol. The molecule has 11 heavy (non-hydrogen) atoms. The number of ether oxygens (including phenoxy) is 1. The summed E-state index contributed by atoms with van der Waals surface area (Å²) in [7, 11) is 1.73. The highest BCUT2D eigenvalue weighted by Crippen LogP contribution is 2.03. The average Bonchev–Trinajstić information content (AvgIpc) is 2.37. The van der Waals surface area contributed by atoms with Crippen LogP contribution in [0.5, 0.6) is 6.01 Å². The Kier molecular flexibility index (Phi) is 2.06. The molecule has 0 unspecified atom stereocenters. The number of rotatable bonds is 2. The first-order chi connectivity index (χ1) is 5.24. The van der Waals surface area contributed by atoms with Gasteiger partial charge in [-0.25, -0.2) is 9.78 Å². The third kappa shape index (κ3) is 1.67. The van der Waals surface area contributed by atoms with Gasteiger partial charge in [-0.3, -0.25) is 0 Å². The second-order valence-electron chi connectivity index (χ2n) is 1.95. The lowest BCUT2D eigenvalue weighted by atomic mass is 10.7. The van der Waals surface area contributed by atoms with E-state index < -0.39 is 5.97 Å². The van der Waals surface area contributed by atoms with Crippen molar-refractivity contribution in [1.29, 1.82) is 0 Å². The standard InChI is InChI=1S/C7H8N2O2/c1-3-6(10)11-7-8-4-5-9(7)2/h3-5H,1H2,2H3. The van der Waals surface area contributed by atoms with Crippen LogP contribution in [-0.4, -0.2) is 15.5 Å². The van der Waals surface area contributed by atoms with Crippen LogP contribution < -0.4 is 4.74 Å². The first-order valence-corrected chi connectivity index (χ1v) is 3.05. The number of carbonyl (C=O) groups is 1. The molecule has 58 valence electrons. The fraction of sp³-hybridized carbons (Fsp3) is 0.143. The van der Waals surface area contributed by atoms with Gasteiger partial charge in [-0.15, -0.1) is 0 Å². The molecule has 0 aliphatic rings. The number of aromatic nitrogens is 2. The molecule has 0 N–H and O–H groups in total. The van der Waals surface area contributed by atoms with Gasteiger partial charge < -0.3 is 9.30 Å². The van der Waals surface area contributed by atoms with E-state index in [1.807, 2.05) is 0 Å². The number of hydrogen-bond donors (Lipinski definition) is 0. The highest BCUT2D eigenvalue weighted by atomic mass is 16.5. The highest BCUT2D eigenvalue weighted by molar-refractivity contribution is 5.82. The predicted molar refractivity (Wildman–Crippen MR) is 39.0 cm³/mol. The van der Waals surface area contributed by atoms with Gasteiger partial charge in [0, 0.05) is 25.5 Å². The van der Waals surface area contributed by atoms with Crippen LogP contribution in [0.1, 0.15) is 0 Å². The van der Waals surface area contributed by atoms with E-state index in [1.165, 1.54) is 0 Å². The zero-order valence-electron chi connectivity index (χ0n) is 6.15. The Bertz CT molecular complexity index is 278. The van der Waals surface area contributed by atoms with Gasteiger partial charge in [-0.2, -0.15) is 0 Å². The molecule has 1 aromatic heterocycles. The third-order valence-electron chi connectivity index (χ3n) is 1.14. The van der Waals surface area contributed by atoms with Crippen molar-refractivity contribution in [1.82, 2.24) is 9.55 Å². The number of hydrogen-bond acceptors (Lipinski definition) is 3. The summed E-state index contributed by atoms with van der Waals surface area (Å²) in [6.07, 6.45) is 4.33. The van der Waals surface area contributed by atoms with Gasteiger partial charge in [-0.1, -0.05) is 6.58 Å². The molecule has 0 saturated carbocycles. The lowest BCUT2D eigenvalue weighted by molar-refractivity contribution is -0.129. The summed E-state index contributed by atoms with van der Waals surface area (Å²) >= 11 is 0. The van der Waals surface area contributed by atoms with Crippen molar-refractivity contribution in [3.05, 3.63) is 25.0 Å². The number of esters is 1. The van der Waals surface area contributed by atoms with Crippen molar-refractivity contribution in [2.24, 2.45) is 7.05 Å². The van der Waals surface area contributed by atoms with Crippen LogP contribution in [0, 0.1) is 0 Å². The molecule has 0 aliphatic carbocycles. The van der Waals surface area contributed by atoms with E-state index in [-0.39, 0.29) is 6.01 Å². The van der Waals surface area contributed by atoms with Crippen LogP contribution in [0.4, 0.5) is 0 Å². The zero-order chi connectivity index (χ0) is 8.27. The summed E-state index contributed by atoms with van der Waals surface area (Å²) in [6, 6.07) is 0.273. The number of aryl methyl sites for hydroxylation is 1. The van der Waals surface area contributed by atoms with E-state index in [9.17, 15) is 4.79 Å². The summed E-state index contributed by atoms with van der Waals surface area (Å²) in [5.41, 5.74) is 0. The monoisotopic (exact) mass is 152 g/mol. The Hall–Kier alpha value is -1.58. The van der Waals surface area contributed by atoms with Gasteiger partial charge in [0.2, 0.25) is 0 Å². The molecule has 0 saturated heterocycles. The van der Waals surface area contributed by atoms with E-state index in [0.717, 1.165) is 6.08 Å². The maximum atomic E-state index is 10.6. The molecular weight excluding hydrogens is 144 g/mol. The Balaban J connectivity index is 2.71. The molecule has 1 aromatic rings. The van der Waals surface area contributed by atoms with Crippen molar-refractivity contribution in [3.8, 4) is 6.01 Å². The van der Waals surface area contributed by atoms with Gasteiger partial charge in [0.25, 0.3) is 0 Å². The molecule has 1 rings (SSSR count). The fourth-order valence-electron chi connectivity index (χ4n) is 0.582. The van der Waals surface area contributed by atoms with Crippen LogP contribution in [0.25, 0.3) is 0 Å². The van der Waals surface area contributed by atoms with Crippen LogP contribution in [0.3, 0.4) is 0 Å². The Morgan fingerprint density at radius 1 is 1.91 bits per heavy atom. The minimum atomic E-state index is -0.501. The topological polar surface area (TPSA) is 44.1 Å². The second kappa shape index (κ2) is 3.01. The maximum absolute atomic E-state index is 10.6. The van der Waals surface area contributed by atoms with Crippen molar-refractivity contribution in [3.63, 3.8) is 0 Å². The van der Waals surface area contributed by atoms with Gasteiger partial charge >= 0.3 is 12.0 Å². The molecule has 1 heterocycles. The molecule has 0 fully saturated rings. The molecule has 0 spiro atoms. The smallest absolute Gasteiger partial charge is 0.337 e. The largest absolute Gasteiger partial charge is 0.389 e. The van der Waals surface area contributed by atoms with E-state index >= 15 is 0 Å². The minimum absolute atomic E-state index is 0.273. The zero-order valence-corrected chi connectivity index (χ0v) is 6.15. The molecule has 0 amide bonds. The van der Waals surface area contributed by atoms with Crippen molar-refractivity contribution in [2.75, 3.05) is 0 Å². The molecule has 0 bridgehead atoms. The molecular formula is C7H8N2O2. The molecule has 0 atom stereocenters. The molecule has 0 aliphatic heterocycles. The van der Waals surface area contributed by atoms with Crippen molar-refractivity contribution >= 4 is 5.97 Å². The van der Waals surface area contributed by atoms with Crippen molar-refractivity contribution in [2.45, 2.75) is 0 Å². The van der Waals surface area contributed by atoms with Crippen LogP contribution >= 0.6 is 0 Å². The lowest BCUT2D eigenvalue weighted by Gasteiger charge is -1.98. The van der Waals surface area contributed by atoms with E-state index in [2.05, 4.69) is 11.6 Å². The van der Waals surface area contributed by atoms with Crippen molar-refractivity contribution < 1.29 is 9.53 Å². The van der Waals surface area contributed by atoms with Gasteiger partial charge in [0.05, 0.1) is 0 Å². The highest BCUT2D eigenvalue weighted by Gasteiger charge is 2.02. The first kappa shape index (κ1) is 7.53. The van der Waals surface area contributed by atoms with Gasteiger partial charge in [0.15, 0.2) is 0 Å². The Morgan fingerprint density at radius 2 is 2.64 bits per heavy atom. The lowest BCUT2D eigenvalue weighted by Crippen LogP contribution is -2.06. The predicted octanol–water partition coefficient (Wildman–Crippen LogP) is 0.511. The van der Waals surface area contributed by atoms with Gasteiger partial charge in [0.1, 0.15) is 0 Å². The SMILES string of the molecule is C=CC(=O)Oc1nccn1C. The second-order valence-corrected chi connectivity index (χ2v) is 1.95. The molecule has 4 heteroatoms. The first-order valence-electron chi connectivity index (χ1n) is 3.05. The number of imidazole rings is 1. The van der Waals surface area contributed by atoms with Gasteiger partial charge in [-0.05, 0) is 0 Å². The molecule has 0 radical (unpaired) electrons. The fourth-order valence-corrected chi connectivity index (χ4v) is 0.582. The summed E-state index contributed by atoms with van der Waals surface area (Å²) in [6.45, 7) is 3.26. The van der Waals surface area contributed by atoms with E-state index in [1.54, 1.807) is 24.0 Å². The normalized spacial score (nSPS) is 9.18. The number of nitrogens with zero attached hydrogens (tertiary/aromatic N) is 2. The maximum Gasteiger partial charge on any atom is 0.337 e. The summed E-state index contributed by atoms with van der Waals surface area (Å²) in [4.78, 5) is 14.4. The van der Waals surface area contributed by atoms with E-state index in [0.29, 0.717) is 0 Å². The summed E-state index contributed by atoms with van der Waals surface area (Å²) in [5.74, 6) is -0.501. The van der Waals surface area contributed by atoms with E-state index in [4.69, 9.17) is 4.74 Å². The number of carbonyl (C=O) groups excluding carboxylic acids is 1. The summed E-state index contributed by atoms with van der Waals surface area (Å²) in [5, 5.41) is 0. The third-order valence-corrected chi connectivity index (χ3v) is 1.14. The van der Waals surface area contributed by atoms with Crippen LogP contribution in [-0.2, 0) is 11.8 Å². The molecule has 4 nitrogen and oxygen atoms in total. The minimum Gasteiger partial charge on any atom is -0.389 e. The van der Waals surface area contributed by atoms with Crippen LogP contribution in [0.2, 0.25) is 0 Å². The Morgan fingerprint density at radius 3 is 3.09 bits per heavy atom. The quantitative estimate of drug-likeness (QED) is 0.458. The Labute approximate surface area is 64.1 Å². The molecule has 0 aromatic carbocycles. The van der Waals surface area contributed by atoms with Crippen LogP contribution in [0.15, 0.2) is 25.0 Å².